The standard InChI is InChI=1S/C28H36N6O2/c35-27-29-23-7-1-3-9-25(23)33(27)21-11-17-31(18-12-21)15-5-6-16-32-19-13-22(14-20-32)34-26-10-4-2-8-24(26)30-28(34)36/h1-4,7-10,21-22H,5-6,11-20H2,(H,29,35)(H,30,36). The van der Waals surface area contributed by atoms with Crippen LogP contribution in [0.15, 0.2) is 58.1 Å². The van der Waals surface area contributed by atoms with Gasteiger partial charge in [0.15, 0.2) is 0 Å². The minimum absolute atomic E-state index is 0.0213. The van der Waals surface area contributed by atoms with Gasteiger partial charge in [0.2, 0.25) is 0 Å². The number of aromatic amines is 2. The van der Waals surface area contributed by atoms with Gasteiger partial charge in [-0.05, 0) is 75.9 Å². The van der Waals surface area contributed by atoms with Gasteiger partial charge >= 0.3 is 11.4 Å². The molecule has 2 saturated heterocycles. The van der Waals surface area contributed by atoms with E-state index in [1.165, 1.54) is 12.8 Å². The van der Waals surface area contributed by atoms with E-state index < -0.39 is 0 Å². The molecule has 0 unspecified atom stereocenters. The van der Waals surface area contributed by atoms with Gasteiger partial charge in [-0.15, -0.1) is 0 Å². The molecule has 8 heteroatoms. The van der Waals surface area contributed by atoms with Crippen molar-refractivity contribution in [1.82, 2.24) is 28.9 Å². The van der Waals surface area contributed by atoms with Crippen molar-refractivity contribution in [2.45, 2.75) is 50.6 Å². The minimum atomic E-state index is 0.0213. The molecule has 2 aromatic carbocycles. The number of H-pyrrole nitrogens is 2. The Balaban J connectivity index is 0.933. The third-order valence-electron chi connectivity index (χ3n) is 8.29. The number of hydrogen-bond acceptors (Lipinski definition) is 4. The fourth-order valence-electron chi connectivity index (χ4n) is 6.35. The van der Waals surface area contributed by atoms with E-state index in [4.69, 9.17) is 0 Å². The maximum Gasteiger partial charge on any atom is 0.326 e. The Morgan fingerprint density at radius 2 is 1.00 bits per heavy atom. The topological polar surface area (TPSA) is 82.1 Å². The number of hydrogen-bond donors (Lipinski definition) is 2. The fraction of sp³-hybridized carbons (Fsp3) is 0.500. The highest BCUT2D eigenvalue weighted by atomic mass is 16.1. The zero-order valence-corrected chi connectivity index (χ0v) is 20.9. The van der Waals surface area contributed by atoms with E-state index in [1.807, 2.05) is 57.7 Å². The number of para-hydroxylation sites is 4. The van der Waals surface area contributed by atoms with Gasteiger partial charge in [0.1, 0.15) is 0 Å². The van der Waals surface area contributed by atoms with Crippen molar-refractivity contribution in [1.29, 1.82) is 0 Å². The lowest BCUT2D eigenvalue weighted by Crippen LogP contribution is -2.38. The molecule has 190 valence electrons. The van der Waals surface area contributed by atoms with Crippen LogP contribution in [0, 0.1) is 0 Å². The number of aromatic nitrogens is 4. The smallest absolute Gasteiger partial charge is 0.306 e. The summed E-state index contributed by atoms with van der Waals surface area (Å²) in [7, 11) is 0. The summed E-state index contributed by atoms with van der Waals surface area (Å²) in [5.74, 6) is 0. The molecule has 0 atom stereocenters. The SMILES string of the molecule is O=c1[nH]c2ccccc2n1C1CCN(CCCCN2CCC(n3c(=O)[nH]c4ccccc43)CC2)CC1. The number of nitrogens with zero attached hydrogens (tertiary/aromatic N) is 4. The van der Waals surface area contributed by atoms with Gasteiger partial charge in [-0.1, -0.05) is 24.3 Å². The predicted molar refractivity (Wildman–Crippen MR) is 144 cm³/mol. The van der Waals surface area contributed by atoms with Gasteiger partial charge in [0, 0.05) is 38.3 Å². The molecule has 0 aliphatic carbocycles. The molecule has 0 spiro atoms. The Kier molecular flexibility index (Phi) is 6.54. The minimum Gasteiger partial charge on any atom is -0.306 e. The molecule has 2 fully saturated rings. The lowest BCUT2D eigenvalue weighted by atomic mass is 10.0. The average Bonchev–Trinajstić information content (AvgIpc) is 3.42. The van der Waals surface area contributed by atoms with Crippen molar-refractivity contribution >= 4 is 22.1 Å². The highest BCUT2D eigenvalue weighted by Gasteiger charge is 2.25. The van der Waals surface area contributed by atoms with Crippen LogP contribution >= 0.6 is 0 Å². The molecule has 0 saturated carbocycles. The van der Waals surface area contributed by atoms with Crippen molar-refractivity contribution in [3.8, 4) is 0 Å². The van der Waals surface area contributed by atoms with Crippen LogP contribution in [0.1, 0.15) is 50.6 Å². The molecule has 0 bridgehead atoms. The summed E-state index contributed by atoms with van der Waals surface area (Å²) < 4.78 is 3.95. The zero-order valence-electron chi connectivity index (χ0n) is 20.9. The predicted octanol–water partition coefficient (Wildman–Crippen LogP) is 3.73. The van der Waals surface area contributed by atoms with Gasteiger partial charge < -0.3 is 19.8 Å². The van der Waals surface area contributed by atoms with Crippen molar-refractivity contribution in [3.05, 3.63) is 69.5 Å². The van der Waals surface area contributed by atoms with Gasteiger partial charge in [-0.25, -0.2) is 9.59 Å². The van der Waals surface area contributed by atoms with Gasteiger partial charge in [0.25, 0.3) is 0 Å². The Morgan fingerprint density at radius 1 is 0.611 bits per heavy atom. The molecule has 2 aliphatic rings. The van der Waals surface area contributed by atoms with E-state index in [0.717, 1.165) is 87.0 Å². The third kappa shape index (κ3) is 4.55. The van der Waals surface area contributed by atoms with E-state index in [-0.39, 0.29) is 23.5 Å². The second kappa shape index (κ2) is 10.1. The molecule has 6 rings (SSSR count). The van der Waals surface area contributed by atoms with Crippen LogP contribution in [0.3, 0.4) is 0 Å². The van der Waals surface area contributed by atoms with Crippen LogP contribution < -0.4 is 11.4 Å². The highest BCUT2D eigenvalue weighted by Crippen LogP contribution is 2.26. The van der Waals surface area contributed by atoms with Crippen LogP contribution in [0.5, 0.6) is 0 Å². The fourth-order valence-corrected chi connectivity index (χ4v) is 6.35. The number of fused-ring (bicyclic) bond motifs is 2. The third-order valence-corrected chi connectivity index (χ3v) is 8.29. The summed E-state index contributed by atoms with van der Waals surface area (Å²) in [6, 6.07) is 16.6. The van der Waals surface area contributed by atoms with E-state index in [0.29, 0.717) is 0 Å². The van der Waals surface area contributed by atoms with E-state index in [2.05, 4.69) is 19.8 Å². The Hall–Kier alpha value is -3.10. The van der Waals surface area contributed by atoms with Crippen LogP contribution in [0.4, 0.5) is 0 Å². The summed E-state index contributed by atoms with van der Waals surface area (Å²) in [6.45, 7) is 6.50. The lowest BCUT2D eigenvalue weighted by Gasteiger charge is -2.34. The van der Waals surface area contributed by atoms with Crippen LogP contribution in [-0.4, -0.2) is 68.2 Å². The second-order valence-electron chi connectivity index (χ2n) is 10.5. The average molecular weight is 489 g/mol. The number of piperidine rings is 2. The maximum absolute atomic E-state index is 12.5. The largest absolute Gasteiger partial charge is 0.326 e. The van der Waals surface area contributed by atoms with Crippen molar-refractivity contribution in [2.24, 2.45) is 0 Å². The number of benzene rings is 2. The lowest BCUT2D eigenvalue weighted by molar-refractivity contribution is 0.166. The summed E-state index contributed by atoms with van der Waals surface area (Å²) in [5, 5.41) is 0. The number of likely N-dealkylation sites (tertiary alicyclic amines) is 2. The van der Waals surface area contributed by atoms with Gasteiger partial charge in [-0.2, -0.15) is 0 Å². The van der Waals surface area contributed by atoms with Gasteiger partial charge in [-0.3, -0.25) is 9.13 Å². The van der Waals surface area contributed by atoms with Crippen molar-refractivity contribution in [3.63, 3.8) is 0 Å². The summed E-state index contributed by atoms with van der Waals surface area (Å²) in [4.78, 5) is 36.1. The molecule has 36 heavy (non-hydrogen) atoms. The summed E-state index contributed by atoms with van der Waals surface area (Å²) >= 11 is 0. The number of nitrogens with one attached hydrogen (secondary N) is 2. The molecule has 4 aromatic rings. The first-order valence-electron chi connectivity index (χ1n) is 13.5. The first kappa shape index (κ1) is 23.3. The molecule has 0 radical (unpaired) electrons. The maximum atomic E-state index is 12.5. The van der Waals surface area contributed by atoms with Crippen molar-refractivity contribution in [2.75, 3.05) is 39.3 Å². The second-order valence-corrected chi connectivity index (χ2v) is 10.5. The van der Waals surface area contributed by atoms with E-state index >= 15 is 0 Å². The van der Waals surface area contributed by atoms with Gasteiger partial charge in [0.05, 0.1) is 22.1 Å². The first-order valence-corrected chi connectivity index (χ1v) is 13.5. The molecule has 4 heterocycles. The quantitative estimate of drug-likeness (QED) is 0.389. The molecular formula is C28H36N6O2. The zero-order chi connectivity index (χ0) is 24.5. The molecule has 8 nitrogen and oxygen atoms in total. The van der Waals surface area contributed by atoms with Crippen LogP contribution in [-0.2, 0) is 0 Å². The molecule has 2 aromatic heterocycles. The van der Waals surface area contributed by atoms with Crippen LogP contribution in [0.2, 0.25) is 0 Å². The normalized spacial score (nSPS) is 19.0. The number of imidazole rings is 2. The molecular weight excluding hydrogens is 452 g/mol. The van der Waals surface area contributed by atoms with Crippen molar-refractivity contribution < 1.29 is 0 Å². The van der Waals surface area contributed by atoms with E-state index in [9.17, 15) is 9.59 Å². The Bertz CT molecular complexity index is 1320. The Labute approximate surface area is 210 Å². The van der Waals surface area contributed by atoms with Crippen LogP contribution in [0.25, 0.3) is 22.1 Å². The first-order chi connectivity index (χ1) is 17.7. The summed E-state index contributed by atoms with van der Waals surface area (Å²) in [5.41, 5.74) is 3.96. The number of rotatable bonds is 7. The molecule has 0 amide bonds. The monoisotopic (exact) mass is 488 g/mol. The summed E-state index contributed by atoms with van der Waals surface area (Å²) in [6.07, 6.45) is 6.54. The van der Waals surface area contributed by atoms with E-state index in [1.54, 1.807) is 0 Å². The molecule has 2 N–H and O–H groups in total. The number of unbranched alkanes of at least 4 members (excludes halogenated alkanes) is 1. The highest BCUT2D eigenvalue weighted by molar-refractivity contribution is 5.75. The molecule has 2 aliphatic heterocycles. The Morgan fingerprint density at radius 3 is 1.42 bits per heavy atom.